The van der Waals surface area contributed by atoms with Crippen molar-refractivity contribution in [1.29, 1.82) is 0 Å². The zero-order chi connectivity index (χ0) is 14.1. The van der Waals surface area contributed by atoms with Gasteiger partial charge in [0.15, 0.2) is 11.6 Å². The molecular formula is C14H12FN3O2. The van der Waals surface area contributed by atoms with Crippen LogP contribution in [0.3, 0.4) is 0 Å². The first-order valence-corrected chi connectivity index (χ1v) is 5.97. The van der Waals surface area contributed by atoms with Gasteiger partial charge in [0.25, 0.3) is 0 Å². The zero-order valence-corrected chi connectivity index (χ0v) is 10.8. The number of nitrogens with two attached hydrogens (primary N) is 1. The van der Waals surface area contributed by atoms with E-state index in [2.05, 4.69) is 9.97 Å². The van der Waals surface area contributed by atoms with Crippen molar-refractivity contribution >= 4 is 16.8 Å². The molecule has 0 aliphatic heterocycles. The summed E-state index contributed by atoms with van der Waals surface area (Å²) in [5, 5.41) is 0.672. The monoisotopic (exact) mass is 273 g/mol. The van der Waals surface area contributed by atoms with Gasteiger partial charge in [0, 0.05) is 18.6 Å². The highest BCUT2D eigenvalue weighted by Crippen LogP contribution is 2.27. The van der Waals surface area contributed by atoms with Crippen LogP contribution in [0.2, 0.25) is 0 Å². The summed E-state index contributed by atoms with van der Waals surface area (Å²) in [5.74, 6) is 0.993. The fourth-order valence-electron chi connectivity index (χ4n) is 1.98. The maximum absolute atomic E-state index is 13.2. The molecule has 0 amide bonds. The molecule has 2 N–H and O–H groups in total. The molecule has 0 aliphatic rings. The number of benzene rings is 1. The summed E-state index contributed by atoms with van der Waals surface area (Å²) in [6, 6.07) is 7.65. The first kappa shape index (κ1) is 12.6. The first-order valence-electron chi connectivity index (χ1n) is 5.97. The van der Waals surface area contributed by atoms with Crippen LogP contribution >= 0.6 is 0 Å². The normalized spacial score (nSPS) is 11.1. The maximum Gasteiger partial charge on any atom is 0.157 e. The second-order valence-corrected chi connectivity index (χ2v) is 4.32. The van der Waals surface area contributed by atoms with E-state index in [-0.39, 0.29) is 12.4 Å². The van der Waals surface area contributed by atoms with Crippen LogP contribution in [0.15, 0.2) is 34.7 Å². The van der Waals surface area contributed by atoms with Crippen LogP contribution in [0.1, 0.15) is 5.82 Å². The van der Waals surface area contributed by atoms with E-state index in [1.807, 2.05) is 0 Å². The van der Waals surface area contributed by atoms with Gasteiger partial charge in [-0.15, -0.1) is 0 Å². The van der Waals surface area contributed by atoms with E-state index in [1.165, 1.54) is 12.1 Å². The fourth-order valence-corrected chi connectivity index (χ4v) is 1.98. The minimum atomic E-state index is -0.313. The van der Waals surface area contributed by atoms with Crippen molar-refractivity contribution in [3.63, 3.8) is 0 Å². The molecule has 0 radical (unpaired) electrons. The minimum absolute atomic E-state index is 0.257. The van der Waals surface area contributed by atoms with Crippen LogP contribution < -0.4 is 5.73 Å². The van der Waals surface area contributed by atoms with Crippen molar-refractivity contribution in [2.45, 2.75) is 6.61 Å². The molecule has 0 aliphatic carbocycles. The van der Waals surface area contributed by atoms with Gasteiger partial charge >= 0.3 is 0 Å². The van der Waals surface area contributed by atoms with Gasteiger partial charge in [0.2, 0.25) is 0 Å². The summed E-state index contributed by atoms with van der Waals surface area (Å²) in [6.07, 6.45) is 0. The van der Waals surface area contributed by atoms with Crippen LogP contribution in [-0.4, -0.2) is 17.1 Å². The third kappa shape index (κ3) is 2.33. The van der Waals surface area contributed by atoms with E-state index in [0.717, 1.165) is 0 Å². The number of anilines is 1. The maximum atomic E-state index is 13.2. The summed E-state index contributed by atoms with van der Waals surface area (Å²) in [5.41, 5.74) is 6.87. The van der Waals surface area contributed by atoms with E-state index >= 15 is 0 Å². The molecule has 0 atom stereocenters. The van der Waals surface area contributed by atoms with E-state index in [4.69, 9.17) is 14.9 Å². The van der Waals surface area contributed by atoms with E-state index in [9.17, 15) is 4.39 Å². The average Bonchev–Trinajstić information content (AvgIpc) is 2.81. The van der Waals surface area contributed by atoms with Crippen LogP contribution in [-0.2, 0) is 11.3 Å². The second-order valence-electron chi connectivity index (χ2n) is 4.32. The van der Waals surface area contributed by atoms with Gasteiger partial charge in [0.1, 0.15) is 29.5 Å². The average molecular weight is 273 g/mol. The van der Waals surface area contributed by atoms with E-state index < -0.39 is 0 Å². The molecule has 1 aromatic carbocycles. The van der Waals surface area contributed by atoms with Gasteiger partial charge in [0.05, 0.1) is 0 Å². The summed E-state index contributed by atoms with van der Waals surface area (Å²) in [7, 11) is 1.55. The summed E-state index contributed by atoms with van der Waals surface area (Å²) in [4.78, 5) is 8.36. The summed E-state index contributed by atoms with van der Waals surface area (Å²) in [6.45, 7) is 0.257. The lowest BCUT2D eigenvalue weighted by Crippen LogP contribution is -2.02. The number of rotatable bonds is 3. The fraction of sp³-hybridized carbons (Fsp3) is 0.143. The van der Waals surface area contributed by atoms with E-state index in [0.29, 0.717) is 34.1 Å². The SMILES string of the molecule is COCc1nc(N)cc(-c2cc3cc(F)ccc3o2)n1. The number of hydrogen-bond acceptors (Lipinski definition) is 5. The number of hydrogen-bond donors (Lipinski definition) is 1. The van der Waals surface area contributed by atoms with Crippen LogP contribution in [0.4, 0.5) is 10.2 Å². The highest BCUT2D eigenvalue weighted by molar-refractivity contribution is 5.82. The molecule has 0 bridgehead atoms. The Labute approximate surface area is 114 Å². The van der Waals surface area contributed by atoms with Crippen molar-refractivity contribution in [3.8, 4) is 11.5 Å². The second kappa shape index (κ2) is 4.90. The Hall–Kier alpha value is -2.47. The van der Waals surface area contributed by atoms with Crippen molar-refractivity contribution in [3.05, 3.63) is 42.0 Å². The molecule has 0 unspecified atom stereocenters. The third-order valence-corrected chi connectivity index (χ3v) is 2.80. The van der Waals surface area contributed by atoms with Crippen LogP contribution in [0.5, 0.6) is 0 Å². The molecule has 6 heteroatoms. The number of aromatic nitrogens is 2. The Kier molecular flexibility index (Phi) is 3.08. The Morgan fingerprint density at radius 2 is 2.10 bits per heavy atom. The lowest BCUT2D eigenvalue weighted by molar-refractivity contribution is 0.178. The Balaban J connectivity index is 2.10. The molecule has 2 heterocycles. The third-order valence-electron chi connectivity index (χ3n) is 2.80. The first-order chi connectivity index (χ1) is 9.65. The molecule has 3 aromatic rings. The Morgan fingerprint density at radius 1 is 1.25 bits per heavy atom. The molecule has 5 nitrogen and oxygen atoms in total. The van der Waals surface area contributed by atoms with Gasteiger partial charge in [-0.05, 0) is 24.3 Å². The quantitative estimate of drug-likeness (QED) is 0.794. The highest BCUT2D eigenvalue weighted by Gasteiger charge is 2.11. The van der Waals surface area contributed by atoms with Crippen LogP contribution in [0.25, 0.3) is 22.4 Å². The molecular weight excluding hydrogens is 261 g/mol. The number of methoxy groups -OCH3 is 1. The molecule has 102 valence electrons. The number of furan rings is 1. The minimum Gasteiger partial charge on any atom is -0.454 e. The molecule has 0 spiro atoms. The smallest absolute Gasteiger partial charge is 0.157 e. The molecule has 20 heavy (non-hydrogen) atoms. The predicted molar refractivity (Wildman–Crippen MR) is 72.3 cm³/mol. The van der Waals surface area contributed by atoms with Crippen molar-refractivity contribution in [1.82, 2.24) is 9.97 Å². The number of fused-ring (bicyclic) bond motifs is 1. The largest absolute Gasteiger partial charge is 0.454 e. The Morgan fingerprint density at radius 3 is 2.90 bits per heavy atom. The number of nitrogen functional groups attached to an aromatic ring is 1. The van der Waals surface area contributed by atoms with Gasteiger partial charge in [-0.25, -0.2) is 14.4 Å². The van der Waals surface area contributed by atoms with Gasteiger partial charge in [-0.2, -0.15) is 0 Å². The van der Waals surface area contributed by atoms with Crippen LogP contribution in [0, 0.1) is 5.82 Å². The van der Waals surface area contributed by atoms with Gasteiger partial charge in [-0.1, -0.05) is 0 Å². The number of nitrogens with zero attached hydrogens (tertiary/aromatic N) is 2. The van der Waals surface area contributed by atoms with Crippen molar-refractivity contribution in [2.24, 2.45) is 0 Å². The predicted octanol–water partition coefficient (Wildman–Crippen LogP) is 2.76. The van der Waals surface area contributed by atoms with E-state index in [1.54, 1.807) is 25.3 Å². The Bertz CT molecular complexity index is 770. The van der Waals surface area contributed by atoms with Gasteiger partial charge < -0.3 is 14.9 Å². The molecule has 0 saturated carbocycles. The van der Waals surface area contributed by atoms with Crippen molar-refractivity contribution in [2.75, 3.05) is 12.8 Å². The number of halogens is 1. The lowest BCUT2D eigenvalue weighted by atomic mass is 10.2. The summed E-state index contributed by atoms with van der Waals surface area (Å²) >= 11 is 0. The molecule has 2 aromatic heterocycles. The van der Waals surface area contributed by atoms with Gasteiger partial charge in [-0.3, -0.25) is 0 Å². The topological polar surface area (TPSA) is 74.2 Å². The standard InChI is InChI=1S/C14H12FN3O2/c1-19-7-14-17-10(6-13(16)18-14)12-5-8-4-9(15)2-3-11(8)20-12/h2-6H,7H2,1H3,(H2,16,17,18). The molecule has 0 saturated heterocycles. The summed E-state index contributed by atoms with van der Waals surface area (Å²) < 4.78 is 23.8. The number of ether oxygens (including phenoxy) is 1. The zero-order valence-electron chi connectivity index (χ0n) is 10.8. The lowest BCUT2D eigenvalue weighted by Gasteiger charge is -2.02. The molecule has 3 rings (SSSR count). The molecule has 0 fully saturated rings. The van der Waals surface area contributed by atoms with Crippen molar-refractivity contribution < 1.29 is 13.5 Å². The highest BCUT2D eigenvalue weighted by atomic mass is 19.1.